The minimum absolute atomic E-state index is 0.0552. The molecule has 1 aromatic heterocycles. The topological polar surface area (TPSA) is 96.8 Å². The van der Waals surface area contributed by atoms with Crippen molar-refractivity contribution in [2.75, 3.05) is 31.2 Å². The van der Waals surface area contributed by atoms with E-state index in [0.29, 0.717) is 56.1 Å². The van der Waals surface area contributed by atoms with E-state index in [1.54, 1.807) is 6.07 Å². The van der Waals surface area contributed by atoms with Crippen molar-refractivity contribution in [3.05, 3.63) is 11.2 Å². The Labute approximate surface area is 132 Å². The molecule has 22 heavy (non-hydrogen) atoms. The third-order valence-corrected chi connectivity index (χ3v) is 3.86. The van der Waals surface area contributed by atoms with Crippen molar-refractivity contribution in [2.24, 2.45) is 0 Å². The average Bonchev–Trinajstić information content (AvgIpc) is 2.45. The van der Waals surface area contributed by atoms with Gasteiger partial charge in [0.15, 0.2) is 0 Å². The Kier molecular flexibility index (Phi) is 4.49. The maximum Gasteiger partial charge on any atom is 0.404 e. The molecule has 2 aliphatic rings. The van der Waals surface area contributed by atoms with Gasteiger partial charge in [-0.1, -0.05) is 11.6 Å². The molecule has 0 radical (unpaired) electrons. The molecule has 1 saturated heterocycles. The van der Waals surface area contributed by atoms with Crippen LogP contribution in [0.3, 0.4) is 0 Å². The Balaban J connectivity index is 1.60. The van der Waals surface area contributed by atoms with Gasteiger partial charge >= 0.3 is 6.09 Å². The van der Waals surface area contributed by atoms with Crippen LogP contribution in [-0.2, 0) is 4.74 Å². The van der Waals surface area contributed by atoms with Gasteiger partial charge < -0.3 is 24.8 Å². The van der Waals surface area contributed by atoms with Gasteiger partial charge in [0.25, 0.3) is 0 Å². The number of rotatable bonds is 4. The van der Waals surface area contributed by atoms with Crippen LogP contribution in [0.15, 0.2) is 6.07 Å². The first-order chi connectivity index (χ1) is 10.6. The summed E-state index contributed by atoms with van der Waals surface area (Å²) < 4.78 is 11.0. The Morgan fingerprint density at radius 1 is 1.41 bits per heavy atom. The minimum Gasteiger partial charge on any atom is -0.474 e. The lowest BCUT2D eigenvalue weighted by molar-refractivity contribution is 0.0790. The van der Waals surface area contributed by atoms with Crippen molar-refractivity contribution >= 4 is 23.6 Å². The Bertz CT molecular complexity index is 547. The number of anilines is 1. The van der Waals surface area contributed by atoms with Crippen molar-refractivity contribution < 1.29 is 19.4 Å². The number of aromatic nitrogens is 2. The Morgan fingerprint density at radius 3 is 2.82 bits per heavy atom. The van der Waals surface area contributed by atoms with Crippen LogP contribution in [0.25, 0.3) is 0 Å². The van der Waals surface area contributed by atoms with Crippen LogP contribution in [0, 0.1) is 0 Å². The van der Waals surface area contributed by atoms with Crippen LogP contribution in [0.1, 0.15) is 12.8 Å². The number of nitrogens with one attached hydrogen (secondary N) is 1. The zero-order chi connectivity index (χ0) is 15.5. The molecule has 0 aromatic carbocycles. The fraction of sp³-hybridized carbons (Fsp3) is 0.615. The van der Waals surface area contributed by atoms with Gasteiger partial charge in [-0.3, -0.25) is 0 Å². The summed E-state index contributed by atoms with van der Waals surface area (Å²) in [6, 6.07) is 1.52. The van der Waals surface area contributed by atoms with E-state index < -0.39 is 6.09 Å². The van der Waals surface area contributed by atoms with E-state index in [-0.39, 0.29) is 12.1 Å². The summed E-state index contributed by atoms with van der Waals surface area (Å²) in [6.07, 6.45) is 0.185. The molecular formula is C13H17ClN4O4. The summed E-state index contributed by atoms with van der Waals surface area (Å²) in [6.45, 7) is 2.70. The van der Waals surface area contributed by atoms with Gasteiger partial charge in [0.05, 0.1) is 13.2 Å². The predicted molar refractivity (Wildman–Crippen MR) is 78.7 cm³/mol. The zero-order valence-corrected chi connectivity index (χ0v) is 12.6. The number of hydrogen-bond donors (Lipinski definition) is 2. The van der Waals surface area contributed by atoms with Crippen LogP contribution in [0.2, 0.25) is 5.15 Å². The summed E-state index contributed by atoms with van der Waals surface area (Å²) >= 11 is 6.03. The van der Waals surface area contributed by atoms with E-state index >= 15 is 0 Å². The summed E-state index contributed by atoms with van der Waals surface area (Å²) in [5.74, 6) is 0.950. The highest BCUT2D eigenvalue weighted by molar-refractivity contribution is 6.29. The molecule has 2 N–H and O–H groups in total. The van der Waals surface area contributed by atoms with E-state index in [9.17, 15) is 4.79 Å². The molecule has 0 bridgehead atoms. The molecule has 2 heterocycles. The van der Waals surface area contributed by atoms with Crippen LogP contribution >= 0.6 is 11.6 Å². The SMILES string of the molecule is O=C(O)NC1CC(Oc2cc(Cl)nc(N3CCOCC3)n2)C1. The molecule has 1 saturated carbocycles. The van der Waals surface area contributed by atoms with E-state index in [1.165, 1.54) is 0 Å². The highest BCUT2D eigenvalue weighted by Gasteiger charge is 2.32. The number of halogens is 1. The van der Waals surface area contributed by atoms with Gasteiger partial charge in [0, 0.05) is 38.0 Å². The van der Waals surface area contributed by atoms with Gasteiger partial charge in [-0.25, -0.2) is 9.78 Å². The number of nitrogens with zero attached hydrogens (tertiary/aromatic N) is 3. The van der Waals surface area contributed by atoms with E-state index in [2.05, 4.69) is 15.3 Å². The fourth-order valence-electron chi connectivity index (χ4n) is 2.48. The van der Waals surface area contributed by atoms with Crippen molar-refractivity contribution in [3.63, 3.8) is 0 Å². The number of hydrogen-bond acceptors (Lipinski definition) is 6. The van der Waals surface area contributed by atoms with Gasteiger partial charge in [-0.05, 0) is 0 Å². The number of carboxylic acid groups (broad SMARTS) is 1. The summed E-state index contributed by atoms with van der Waals surface area (Å²) in [4.78, 5) is 21.1. The molecule has 8 nitrogen and oxygen atoms in total. The van der Waals surface area contributed by atoms with E-state index in [1.807, 2.05) is 4.90 Å². The standard InChI is InChI=1S/C13H17ClN4O4/c14-10-7-11(22-9-5-8(6-9)15-13(19)20)17-12(16-10)18-1-3-21-4-2-18/h7-9,15H,1-6H2,(H,19,20). The Morgan fingerprint density at radius 2 is 2.14 bits per heavy atom. The minimum atomic E-state index is -1.01. The van der Waals surface area contributed by atoms with Crippen LogP contribution in [0.4, 0.5) is 10.7 Å². The van der Waals surface area contributed by atoms with Crippen molar-refractivity contribution in [1.82, 2.24) is 15.3 Å². The number of amides is 1. The number of ether oxygens (including phenoxy) is 2. The molecule has 120 valence electrons. The normalized spacial score (nSPS) is 24.5. The average molecular weight is 329 g/mol. The zero-order valence-electron chi connectivity index (χ0n) is 11.9. The second-order valence-electron chi connectivity index (χ2n) is 5.29. The monoisotopic (exact) mass is 328 g/mol. The number of morpholine rings is 1. The van der Waals surface area contributed by atoms with Crippen molar-refractivity contribution in [3.8, 4) is 5.88 Å². The maximum absolute atomic E-state index is 10.5. The van der Waals surface area contributed by atoms with Crippen LogP contribution in [0.5, 0.6) is 5.88 Å². The highest BCUT2D eigenvalue weighted by Crippen LogP contribution is 2.27. The molecule has 1 aliphatic heterocycles. The molecule has 1 amide bonds. The molecule has 1 aliphatic carbocycles. The van der Waals surface area contributed by atoms with Gasteiger partial charge in [-0.15, -0.1) is 0 Å². The molecule has 0 spiro atoms. The predicted octanol–water partition coefficient (Wildman–Crippen LogP) is 1.14. The quantitative estimate of drug-likeness (QED) is 0.800. The van der Waals surface area contributed by atoms with Gasteiger partial charge in [-0.2, -0.15) is 4.98 Å². The lowest BCUT2D eigenvalue weighted by Gasteiger charge is -2.34. The van der Waals surface area contributed by atoms with Crippen LogP contribution < -0.4 is 15.0 Å². The molecule has 9 heteroatoms. The molecule has 2 fully saturated rings. The lowest BCUT2D eigenvalue weighted by atomic mass is 9.89. The second-order valence-corrected chi connectivity index (χ2v) is 5.67. The smallest absolute Gasteiger partial charge is 0.404 e. The summed E-state index contributed by atoms with van der Waals surface area (Å²) in [5, 5.41) is 11.4. The highest BCUT2D eigenvalue weighted by atomic mass is 35.5. The van der Waals surface area contributed by atoms with Crippen molar-refractivity contribution in [1.29, 1.82) is 0 Å². The lowest BCUT2D eigenvalue weighted by Crippen LogP contribution is -2.48. The third kappa shape index (κ3) is 3.69. The van der Waals surface area contributed by atoms with Crippen LogP contribution in [-0.4, -0.2) is 59.6 Å². The molecular weight excluding hydrogens is 312 g/mol. The first-order valence-corrected chi connectivity index (χ1v) is 7.51. The van der Waals surface area contributed by atoms with E-state index in [4.69, 9.17) is 26.2 Å². The Hall–Kier alpha value is -1.80. The second kappa shape index (κ2) is 6.53. The molecule has 0 unspecified atom stereocenters. The van der Waals surface area contributed by atoms with Crippen molar-refractivity contribution in [2.45, 2.75) is 25.0 Å². The first kappa shape index (κ1) is 15.1. The molecule has 1 aromatic rings. The summed E-state index contributed by atoms with van der Waals surface area (Å²) in [7, 11) is 0. The third-order valence-electron chi connectivity index (χ3n) is 3.66. The maximum atomic E-state index is 10.5. The molecule has 0 atom stereocenters. The largest absolute Gasteiger partial charge is 0.474 e. The van der Waals surface area contributed by atoms with Gasteiger partial charge in [0.1, 0.15) is 11.3 Å². The van der Waals surface area contributed by atoms with E-state index in [0.717, 1.165) is 0 Å². The van der Waals surface area contributed by atoms with Gasteiger partial charge in [0.2, 0.25) is 11.8 Å². The number of carbonyl (C=O) groups is 1. The first-order valence-electron chi connectivity index (χ1n) is 7.13. The molecule has 3 rings (SSSR count). The fourth-order valence-corrected chi connectivity index (χ4v) is 2.64. The summed E-state index contributed by atoms with van der Waals surface area (Å²) in [5.41, 5.74) is 0.